The molecule has 5 heteroatoms. The second kappa shape index (κ2) is 6.84. The molecule has 0 aliphatic carbocycles. The Morgan fingerprint density at radius 1 is 1.32 bits per heavy atom. The van der Waals surface area contributed by atoms with Crippen LogP contribution in [0.5, 0.6) is 5.75 Å². The molecule has 2 aliphatic heterocycles. The minimum absolute atomic E-state index is 0.0175. The van der Waals surface area contributed by atoms with Crippen LogP contribution in [0.1, 0.15) is 17.5 Å². The molecule has 0 saturated carbocycles. The SMILES string of the molecule is Cc1ccc(-c2cccc3c2O[C@@H](CNC(=O)[C@@H]2CCOC2)C3)nc1. The molecule has 3 heterocycles. The van der Waals surface area contributed by atoms with Crippen LogP contribution in [-0.4, -0.2) is 36.8 Å². The molecule has 1 aromatic carbocycles. The molecular weight excluding hydrogens is 316 g/mol. The fourth-order valence-corrected chi connectivity index (χ4v) is 3.38. The van der Waals surface area contributed by atoms with Crippen LogP contribution in [0.25, 0.3) is 11.3 Å². The van der Waals surface area contributed by atoms with Crippen molar-refractivity contribution in [3.8, 4) is 17.0 Å². The van der Waals surface area contributed by atoms with E-state index in [9.17, 15) is 4.79 Å². The molecule has 1 amide bonds. The van der Waals surface area contributed by atoms with Crippen LogP contribution >= 0.6 is 0 Å². The predicted molar refractivity (Wildman–Crippen MR) is 94.5 cm³/mol. The first-order valence-electron chi connectivity index (χ1n) is 8.78. The Kier molecular flexibility index (Phi) is 4.40. The summed E-state index contributed by atoms with van der Waals surface area (Å²) in [6.07, 6.45) is 3.44. The molecule has 1 saturated heterocycles. The zero-order valence-corrected chi connectivity index (χ0v) is 14.3. The molecule has 2 aliphatic rings. The zero-order valence-electron chi connectivity index (χ0n) is 14.3. The molecular formula is C20H22N2O3. The Balaban J connectivity index is 1.44. The molecule has 1 aromatic heterocycles. The molecule has 0 unspecified atom stereocenters. The van der Waals surface area contributed by atoms with E-state index in [-0.39, 0.29) is 17.9 Å². The fraction of sp³-hybridized carbons (Fsp3) is 0.400. The summed E-state index contributed by atoms with van der Waals surface area (Å²) in [7, 11) is 0. The quantitative estimate of drug-likeness (QED) is 0.930. The van der Waals surface area contributed by atoms with Gasteiger partial charge in [-0.15, -0.1) is 0 Å². The smallest absolute Gasteiger partial charge is 0.225 e. The third-order valence-corrected chi connectivity index (χ3v) is 4.82. The second-order valence-corrected chi connectivity index (χ2v) is 6.76. The lowest BCUT2D eigenvalue weighted by Gasteiger charge is -2.15. The molecule has 1 fully saturated rings. The molecule has 4 rings (SSSR count). The number of carbonyl (C=O) groups excluding carboxylic acids is 1. The zero-order chi connectivity index (χ0) is 17.2. The van der Waals surface area contributed by atoms with Crippen LogP contribution in [0.3, 0.4) is 0 Å². The minimum atomic E-state index is -0.0344. The van der Waals surface area contributed by atoms with Crippen LogP contribution in [0, 0.1) is 12.8 Å². The second-order valence-electron chi connectivity index (χ2n) is 6.76. The van der Waals surface area contributed by atoms with Crippen molar-refractivity contribution in [2.75, 3.05) is 19.8 Å². The Hall–Kier alpha value is -2.40. The van der Waals surface area contributed by atoms with Gasteiger partial charge < -0.3 is 14.8 Å². The van der Waals surface area contributed by atoms with Crippen LogP contribution in [-0.2, 0) is 16.0 Å². The highest BCUT2D eigenvalue weighted by Gasteiger charge is 2.28. The Morgan fingerprint density at radius 2 is 2.24 bits per heavy atom. The van der Waals surface area contributed by atoms with Crippen molar-refractivity contribution < 1.29 is 14.3 Å². The summed E-state index contributed by atoms with van der Waals surface area (Å²) in [4.78, 5) is 16.7. The lowest BCUT2D eigenvalue weighted by molar-refractivity contribution is -0.125. The summed E-state index contributed by atoms with van der Waals surface area (Å²) >= 11 is 0. The average Bonchev–Trinajstić information content (AvgIpc) is 3.29. The number of fused-ring (bicyclic) bond motifs is 1. The van der Waals surface area contributed by atoms with E-state index in [1.165, 1.54) is 5.56 Å². The van der Waals surface area contributed by atoms with Gasteiger partial charge in [-0.3, -0.25) is 9.78 Å². The Bertz CT molecular complexity index is 767. The topological polar surface area (TPSA) is 60.5 Å². The van der Waals surface area contributed by atoms with Gasteiger partial charge in [0.1, 0.15) is 11.9 Å². The summed E-state index contributed by atoms with van der Waals surface area (Å²) in [5.74, 6) is 0.941. The number of nitrogens with one attached hydrogen (secondary N) is 1. The number of benzene rings is 1. The third-order valence-electron chi connectivity index (χ3n) is 4.82. The summed E-state index contributed by atoms with van der Waals surface area (Å²) in [6.45, 7) is 3.75. The first kappa shape index (κ1) is 16.1. The summed E-state index contributed by atoms with van der Waals surface area (Å²) in [5, 5.41) is 3.01. The van der Waals surface area contributed by atoms with Crippen molar-refractivity contribution >= 4 is 5.91 Å². The van der Waals surface area contributed by atoms with Crippen LogP contribution in [0.2, 0.25) is 0 Å². The maximum absolute atomic E-state index is 12.1. The van der Waals surface area contributed by atoms with Crippen LogP contribution in [0.15, 0.2) is 36.5 Å². The number of aryl methyl sites for hydroxylation is 1. The molecule has 0 spiro atoms. The first-order chi connectivity index (χ1) is 12.2. The van der Waals surface area contributed by atoms with E-state index >= 15 is 0 Å². The number of ether oxygens (including phenoxy) is 2. The van der Waals surface area contributed by atoms with Crippen molar-refractivity contribution in [3.05, 3.63) is 47.7 Å². The summed E-state index contributed by atoms with van der Waals surface area (Å²) in [6, 6.07) is 10.2. The maximum Gasteiger partial charge on any atom is 0.225 e. The van der Waals surface area contributed by atoms with Gasteiger partial charge >= 0.3 is 0 Å². The van der Waals surface area contributed by atoms with Gasteiger partial charge in [0, 0.05) is 24.8 Å². The molecule has 25 heavy (non-hydrogen) atoms. The number of amides is 1. The molecule has 5 nitrogen and oxygen atoms in total. The monoisotopic (exact) mass is 338 g/mol. The lowest BCUT2D eigenvalue weighted by Crippen LogP contribution is -2.38. The number of carbonyl (C=O) groups is 1. The Labute approximate surface area is 147 Å². The molecule has 0 bridgehead atoms. The number of hydrogen-bond donors (Lipinski definition) is 1. The molecule has 0 radical (unpaired) electrons. The predicted octanol–water partition coefficient (Wildman–Crippen LogP) is 2.51. The van der Waals surface area contributed by atoms with Crippen molar-refractivity contribution in [1.82, 2.24) is 10.3 Å². The molecule has 130 valence electrons. The number of para-hydroxylation sites is 1. The highest BCUT2D eigenvalue weighted by atomic mass is 16.5. The van der Waals surface area contributed by atoms with Crippen molar-refractivity contribution in [3.63, 3.8) is 0 Å². The van der Waals surface area contributed by atoms with E-state index in [0.29, 0.717) is 19.8 Å². The molecule has 2 aromatic rings. The molecule has 1 N–H and O–H groups in total. The van der Waals surface area contributed by atoms with Crippen molar-refractivity contribution in [2.24, 2.45) is 5.92 Å². The number of nitrogens with zero attached hydrogens (tertiary/aromatic N) is 1. The maximum atomic E-state index is 12.1. The van der Waals surface area contributed by atoms with Gasteiger partial charge in [-0.2, -0.15) is 0 Å². The van der Waals surface area contributed by atoms with Crippen LogP contribution in [0.4, 0.5) is 0 Å². The largest absolute Gasteiger partial charge is 0.487 e. The number of rotatable bonds is 4. The highest BCUT2D eigenvalue weighted by molar-refractivity contribution is 5.79. The van der Waals surface area contributed by atoms with Crippen molar-refractivity contribution in [1.29, 1.82) is 0 Å². The van der Waals surface area contributed by atoms with Gasteiger partial charge in [-0.25, -0.2) is 0 Å². The average molecular weight is 338 g/mol. The Morgan fingerprint density at radius 3 is 3.00 bits per heavy atom. The minimum Gasteiger partial charge on any atom is -0.487 e. The lowest BCUT2D eigenvalue weighted by atomic mass is 10.0. The third kappa shape index (κ3) is 3.37. The fourth-order valence-electron chi connectivity index (χ4n) is 3.38. The number of aromatic nitrogens is 1. The normalized spacial score (nSPS) is 21.6. The summed E-state index contributed by atoms with van der Waals surface area (Å²) in [5.41, 5.74) is 4.22. The van der Waals surface area contributed by atoms with E-state index in [1.807, 2.05) is 31.3 Å². The van der Waals surface area contributed by atoms with E-state index in [2.05, 4.69) is 22.4 Å². The van der Waals surface area contributed by atoms with E-state index < -0.39 is 0 Å². The standard InChI is InChI=1S/C20H22N2O3/c1-13-5-6-18(21-10-13)17-4-2-3-14-9-16(25-19(14)17)11-22-20(23)15-7-8-24-12-15/h2-6,10,15-16H,7-9,11-12H2,1H3,(H,22,23)/t15-,16-/m1/s1. The van der Waals surface area contributed by atoms with Gasteiger partial charge in [-0.1, -0.05) is 18.2 Å². The van der Waals surface area contributed by atoms with Crippen molar-refractivity contribution in [2.45, 2.75) is 25.9 Å². The highest BCUT2D eigenvalue weighted by Crippen LogP contribution is 2.37. The summed E-state index contributed by atoms with van der Waals surface area (Å²) < 4.78 is 11.4. The van der Waals surface area contributed by atoms with Gasteiger partial charge in [0.25, 0.3) is 0 Å². The number of hydrogen-bond acceptors (Lipinski definition) is 4. The van der Waals surface area contributed by atoms with Gasteiger partial charge in [0.15, 0.2) is 0 Å². The van der Waals surface area contributed by atoms with Gasteiger partial charge in [0.05, 0.1) is 24.8 Å². The van der Waals surface area contributed by atoms with Gasteiger partial charge in [-0.05, 0) is 36.6 Å². The van der Waals surface area contributed by atoms with E-state index in [1.54, 1.807) is 0 Å². The first-order valence-corrected chi connectivity index (χ1v) is 8.78. The van der Waals surface area contributed by atoms with E-state index in [0.717, 1.165) is 35.4 Å². The number of pyridine rings is 1. The van der Waals surface area contributed by atoms with Crippen LogP contribution < -0.4 is 10.1 Å². The van der Waals surface area contributed by atoms with E-state index in [4.69, 9.17) is 9.47 Å². The van der Waals surface area contributed by atoms with Gasteiger partial charge in [0.2, 0.25) is 5.91 Å². The molecule has 2 atom stereocenters.